The molecule has 106 valence electrons. The highest BCUT2D eigenvalue weighted by molar-refractivity contribution is 9.10. The number of hydrogen-bond acceptors (Lipinski definition) is 4. The van der Waals surface area contributed by atoms with E-state index in [1.165, 1.54) is 22.9 Å². The fraction of sp³-hybridized carbons (Fsp3) is 0.0714. The van der Waals surface area contributed by atoms with Crippen molar-refractivity contribution in [3.8, 4) is 17.1 Å². The first-order valence-electron chi connectivity index (χ1n) is 6.16. The summed E-state index contributed by atoms with van der Waals surface area (Å²) in [5.74, 6) is -0.00430. The molecule has 2 aromatic carbocycles. The van der Waals surface area contributed by atoms with E-state index in [1.807, 2.05) is 25.1 Å². The van der Waals surface area contributed by atoms with Crippen LogP contribution in [0.2, 0.25) is 0 Å². The van der Waals surface area contributed by atoms with Crippen LogP contribution >= 0.6 is 15.9 Å². The molecule has 0 amide bonds. The third-order valence-electron chi connectivity index (χ3n) is 3.06. The second-order valence-electron chi connectivity index (χ2n) is 4.60. The van der Waals surface area contributed by atoms with Crippen molar-refractivity contribution in [1.29, 1.82) is 0 Å². The van der Waals surface area contributed by atoms with E-state index >= 15 is 0 Å². The lowest BCUT2D eigenvalue weighted by Gasteiger charge is -2.09. The summed E-state index contributed by atoms with van der Waals surface area (Å²) >= 11 is 3.47. The van der Waals surface area contributed by atoms with Gasteiger partial charge in [-0.05, 0) is 69.2 Å². The van der Waals surface area contributed by atoms with E-state index in [1.54, 1.807) is 0 Å². The smallest absolute Gasteiger partial charge is 0.189 e. The molecule has 0 saturated carbocycles. The Morgan fingerprint density at radius 3 is 2.81 bits per heavy atom. The van der Waals surface area contributed by atoms with E-state index in [4.69, 9.17) is 5.73 Å². The number of benzene rings is 2. The van der Waals surface area contributed by atoms with Crippen molar-refractivity contribution in [2.24, 2.45) is 0 Å². The highest BCUT2D eigenvalue weighted by Crippen LogP contribution is 2.29. The molecule has 0 unspecified atom stereocenters. The van der Waals surface area contributed by atoms with Crippen molar-refractivity contribution in [3.63, 3.8) is 0 Å². The summed E-state index contributed by atoms with van der Waals surface area (Å²) < 4.78 is 15.8. The number of nitrogens with two attached hydrogens (primary N) is 1. The van der Waals surface area contributed by atoms with Crippen molar-refractivity contribution >= 4 is 21.6 Å². The predicted molar refractivity (Wildman–Crippen MR) is 81.4 cm³/mol. The summed E-state index contributed by atoms with van der Waals surface area (Å²) in [5, 5.41) is 11.6. The normalized spacial score (nSPS) is 10.8. The Balaban J connectivity index is 2.22. The summed E-state index contributed by atoms with van der Waals surface area (Å²) in [7, 11) is 0. The number of aromatic nitrogens is 4. The van der Waals surface area contributed by atoms with Crippen LogP contribution < -0.4 is 5.73 Å². The largest absolute Gasteiger partial charge is 0.398 e. The standard InChI is InChI=1S/C14H11BrFN5/c1-8-2-4-11(15)13(6-8)21-14(18-19-20-21)10-7-9(16)3-5-12(10)17/h2-7H,17H2,1H3. The third-order valence-corrected chi connectivity index (χ3v) is 3.73. The summed E-state index contributed by atoms with van der Waals surface area (Å²) in [6.07, 6.45) is 0. The molecule has 1 aromatic heterocycles. The third kappa shape index (κ3) is 2.52. The Morgan fingerprint density at radius 2 is 2.00 bits per heavy atom. The SMILES string of the molecule is Cc1ccc(Br)c(-n2nnnc2-c2cc(F)ccc2N)c1. The zero-order chi connectivity index (χ0) is 15.0. The minimum atomic E-state index is -0.392. The van der Waals surface area contributed by atoms with Crippen LogP contribution in [0.5, 0.6) is 0 Å². The highest BCUT2D eigenvalue weighted by atomic mass is 79.9. The first-order valence-corrected chi connectivity index (χ1v) is 6.96. The minimum absolute atomic E-state index is 0.387. The van der Waals surface area contributed by atoms with E-state index in [0.717, 1.165) is 15.7 Å². The van der Waals surface area contributed by atoms with E-state index in [-0.39, 0.29) is 0 Å². The van der Waals surface area contributed by atoms with Crippen molar-refractivity contribution < 1.29 is 4.39 Å². The number of nitrogens with zero attached hydrogens (tertiary/aromatic N) is 4. The maximum Gasteiger partial charge on any atom is 0.189 e. The molecule has 0 bridgehead atoms. The zero-order valence-electron chi connectivity index (χ0n) is 11.1. The van der Waals surface area contributed by atoms with Crippen LogP contribution in [0.3, 0.4) is 0 Å². The predicted octanol–water partition coefficient (Wildman–Crippen LogP) is 3.12. The molecular weight excluding hydrogens is 337 g/mol. The lowest BCUT2D eigenvalue weighted by Crippen LogP contribution is -2.03. The molecule has 0 aliphatic heterocycles. The number of rotatable bonds is 2. The van der Waals surface area contributed by atoms with Crippen LogP contribution in [0.1, 0.15) is 5.56 Å². The van der Waals surface area contributed by atoms with Gasteiger partial charge in [0.15, 0.2) is 5.82 Å². The highest BCUT2D eigenvalue weighted by Gasteiger charge is 2.16. The molecular formula is C14H11BrFN5. The summed E-state index contributed by atoms with van der Waals surface area (Å²) in [5.41, 5.74) is 8.59. The molecule has 0 aliphatic rings. The Morgan fingerprint density at radius 1 is 1.19 bits per heavy atom. The lowest BCUT2D eigenvalue weighted by molar-refractivity contribution is 0.628. The molecule has 0 fully saturated rings. The molecule has 0 atom stereocenters. The van der Waals surface area contributed by atoms with E-state index in [0.29, 0.717) is 17.1 Å². The van der Waals surface area contributed by atoms with E-state index in [9.17, 15) is 4.39 Å². The van der Waals surface area contributed by atoms with Gasteiger partial charge in [-0.2, -0.15) is 4.68 Å². The number of halogens is 2. The van der Waals surface area contributed by atoms with Crippen molar-refractivity contribution in [2.75, 3.05) is 5.73 Å². The average molecular weight is 348 g/mol. The van der Waals surface area contributed by atoms with Crippen molar-refractivity contribution in [2.45, 2.75) is 6.92 Å². The van der Waals surface area contributed by atoms with Crippen LogP contribution in [0.15, 0.2) is 40.9 Å². The Hall–Kier alpha value is -2.28. The van der Waals surface area contributed by atoms with Crippen LogP contribution in [0.25, 0.3) is 17.1 Å². The monoisotopic (exact) mass is 347 g/mol. The maximum atomic E-state index is 13.5. The molecule has 1 heterocycles. The number of anilines is 1. The fourth-order valence-corrected chi connectivity index (χ4v) is 2.44. The number of tetrazole rings is 1. The van der Waals surface area contributed by atoms with Gasteiger partial charge in [-0.25, -0.2) is 4.39 Å². The van der Waals surface area contributed by atoms with Crippen LogP contribution in [0.4, 0.5) is 10.1 Å². The molecule has 0 aliphatic carbocycles. The van der Waals surface area contributed by atoms with Gasteiger partial charge in [-0.15, -0.1) is 5.10 Å². The van der Waals surface area contributed by atoms with Crippen molar-refractivity contribution in [3.05, 3.63) is 52.3 Å². The van der Waals surface area contributed by atoms with Gasteiger partial charge in [0.1, 0.15) is 5.82 Å². The molecule has 0 spiro atoms. The first-order chi connectivity index (χ1) is 10.1. The Labute approximate surface area is 128 Å². The van der Waals surface area contributed by atoms with Crippen LogP contribution in [-0.4, -0.2) is 20.2 Å². The molecule has 2 N–H and O–H groups in total. The maximum absolute atomic E-state index is 13.5. The van der Waals surface area contributed by atoms with E-state index in [2.05, 4.69) is 31.5 Å². The lowest BCUT2D eigenvalue weighted by atomic mass is 10.1. The average Bonchev–Trinajstić information content (AvgIpc) is 2.93. The van der Waals surface area contributed by atoms with Gasteiger partial charge in [0.2, 0.25) is 0 Å². The topological polar surface area (TPSA) is 69.6 Å². The molecule has 3 rings (SSSR count). The van der Waals surface area contributed by atoms with Crippen molar-refractivity contribution in [1.82, 2.24) is 20.2 Å². The summed E-state index contributed by atoms with van der Waals surface area (Å²) in [6.45, 7) is 1.97. The van der Waals surface area contributed by atoms with Gasteiger partial charge < -0.3 is 5.73 Å². The quantitative estimate of drug-likeness (QED) is 0.723. The summed E-state index contributed by atoms with van der Waals surface area (Å²) in [4.78, 5) is 0. The zero-order valence-corrected chi connectivity index (χ0v) is 12.7. The Kier molecular flexibility index (Phi) is 3.42. The van der Waals surface area contributed by atoms with Gasteiger partial charge in [-0.3, -0.25) is 0 Å². The van der Waals surface area contributed by atoms with Gasteiger partial charge in [-0.1, -0.05) is 6.07 Å². The van der Waals surface area contributed by atoms with Crippen LogP contribution in [-0.2, 0) is 0 Å². The molecule has 7 heteroatoms. The molecule has 3 aromatic rings. The molecule has 21 heavy (non-hydrogen) atoms. The first kappa shape index (κ1) is 13.7. The second-order valence-corrected chi connectivity index (χ2v) is 5.46. The molecule has 0 radical (unpaired) electrons. The number of hydrogen-bond donors (Lipinski definition) is 1. The Bertz CT molecular complexity index is 749. The van der Waals surface area contributed by atoms with Crippen LogP contribution in [0, 0.1) is 12.7 Å². The molecule has 5 nitrogen and oxygen atoms in total. The molecule has 0 saturated heterocycles. The summed E-state index contributed by atoms with van der Waals surface area (Å²) in [6, 6.07) is 9.92. The van der Waals surface area contributed by atoms with Gasteiger partial charge >= 0.3 is 0 Å². The van der Waals surface area contributed by atoms with Gasteiger partial charge in [0, 0.05) is 15.7 Å². The number of aryl methyl sites for hydroxylation is 1. The van der Waals surface area contributed by atoms with E-state index < -0.39 is 5.82 Å². The number of nitrogen functional groups attached to an aromatic ring is 1. The van der Waals surface area contributed by atoms with Gasteiger partial charge in [0.25, 0.3) is 0 Å². The van der Waals surface area contributed by atoms with Gasteiger partial charge in [0.05, 0.1) is 5.69 Å². The second kappa shape index (κ2) is 5.25. The fourth-order valence-electron chi connectivity index (χ4n) is 2.02. The minimum Gasteiger partial charge on any atom is -0.398 e.